The van der Waals surface area contributed by atoms with Gasteiger partial charge in [-0.05, 0) is 25.3 Å². The molecule has 0 saturated carbocycles. The van der Waals surface area contributed by atoms with Gasteiger partial charge >= 0.3 is 0 Å². The number of amides is 1. The third-order valence-corrected chi connectivity index (χ3v) is 4.95. The van der Waals surface area contributed by atoms with E-state index in [9.17, 15) is 4.79 Å². The molecule has 0 aliphatic carbocycles. The van der Waals surface area contributed by atoms with Crippen molar-refractivity contribution in [3.05, 3.63) is 18.6 Å². The van der Waals surface area contributed by atoms with Crippen LogP contribution >= 0.6 is 0 Å². The number of aromatic nitrogens is 4. The molecule has 2 aromatic heterocycles. The van der Waals surface area contributed by atoms with Gasteiger partial charge < -0.3 is 19.3 Å². The molecule has 9 heteroatoms. The van der Waals surface area contributed by atoms with E-state index in [-0.39, 0.29) is 18.6 Å². The summed E-state index contributed by atoms with van der Waals surface area (Å²) < 4.78 is 13.1. The minimum atomic E-state index is 0.0460. The molecule has 0 unspecified atom stereocenters. The van der Waals surface area contributed by atoms with Crippen LogP contribution < -0.4 is 4.90 Å². The fraction of sp³-hybridized carbons (Fsp3) is 0.647. The van der Waals surface area contributed by atoms with Crippen molar-refractivity contribution in [2.24, 2.45) is 0 Å². The second-order valence-electron chi connectivity index (χ2n) is 6.68. The topological polar surface area (TPSA) is 85.1 Å². The van der Waals surface area contributed by atoms with Crippen LogP contribution in [0.5, 0.6) is 0 Å². The van der Waals surface area contributed by atoms with Crippen molar-refractivity contribution in [3.63, 3.8) is 0 Å². The molecule has 0 radical (unpaired) electrons. The highest BCUT2D eigenvalue weighted by Gasteiger charge is 2.23. The lowest BCUT2D eigenvalue weighted by molar-refractivity contribution is -0.138. The Bertz CT molecular complexity index is 737. The van der Waals surface area contributed by atoms with E-state index in [1.807, 2.05) is 15.4 Å². The van der Waals surface area contributed by atoms with E-state index >= 15 is 0 Å². The average molecular weight is 360 g/mol. The molecule has 2 aliphatic rings. The number of nitrogens with zero attached hydrogens (tertiary/aromatic N) is 6. The SMILES string of the molecule is O=C(COC[C@H]1CCCCO1)N1CCN(c2ccnc3nncn23)CC1. The van der Waals surface area contributed by atoms with Crippen LogP contribution in [0.1, 0.15) is 19.3 Å². The van der Waals surface area contributed by atoms with Gasteiger partial charge in [0.15, 0.2) is 0 Å². The van der Waals surface area contributed by atoms with E-state index in [0.717, 1.165) is 38.4 Å². The molecule has 4 heterocycles. The third-order valence-electron chi connectivity index (χ3n) is 4.95. The van der Waals surface area contributed by atoms with Crippen molar-refractivity contribution in [1.82, 2.24) is 24.5 Å². The van der Waals surface area contributed by atoms with Crippen molar-refractivity contribution >= 4 is 17.5 Å². The highest BCUT2D eigenvalue weighted by molar-refractivity contribution is 5.77. The third kappa shape index (κ3) is 3.78. The van der Waals surface area contributed by atoms with Gasteiger partial charge in [0.2, 0.25) is 5.91 Å². The molecule has 26 heavy (non-hydrogen) atoms. The lowest BCUT2D eigenvalue weighted by Gasteiger charge is -2.36. The monoisotopic (exact) mass is 360 g/mol. The van der Waals surface area contributed by atoms with Crippen LogP contribution in [0.25, 0.3) is 5.78 Å². The van der Waals surface area contributed by atoms with Crippen molar-refractivity contribution in [2.45, 2.75) is 25.4 Å². The Hall–Kier alpha value is -2.26. The molecule has 0 aromatic carbocycles. The summed E-state index contributed by atoms with van der Waals surface area (Å²) in [5.41, 5.74) is 0. The van der Waals surface area contributed by atoms with Crippen LogP contribution in [0.3, 0.4) is 0 Å². The van der Waals surface area contributed by atoms with Gasteiger partial charge in [-0.3, -0.25) is 9.20 Å². The Morgan fingerprint density at radius 2 is 2.15 bits per heavy atom. The number of anilines is 1. The molecule has 2 saturated heterocycles. The summed E-state index contributed by atoms with van der Waals surface area (Å²) in [5.74, 6) is 1.63. The van der Waals surface area contributed by atoms with Gasteiger partial charge in [0.1, 0.15) is 18.8 Å². The molecular weight excluding hydrogens is 336 g/mol. The molecule has 0 N–H and O–H groups in total. The maximum Gasteiger partial charge on any atom is 0.256 e. The summed E-state index contributed by atoms with van der Waals surface area (Å²) in [5, 5.41) is 7.88. The zero-order valence-electron chi connectivity index (χ0n) is 14.8. The summed E-state index contributed by atoms with van der Waals surface area (Å²) in [6, 6.07) is 1.95. The van der Waals surface area contributed by atoms with Gasteiger partial charge in [-0.2, -0.15) is 0 Å². The molecule has 140 valence electrons. The molecule has 2 aliphatic heterocycles. The van der Waals surface area contributed by atoms with Crippen LogP contribution in [-0.2, 0) is 14.3 Å². The summed E-state index contributed by atoms with van der Waals surface area (Å²) >= 11 is 0. The van der Waals surface area contributed by atoms with Crippen molar-refractivity contribution in [1.29, 1.82) is 0 Å². The maximum absolute atomic E-state index is 12.4. The van der Waals surface area contributed by atoms with Gasteiger partial charge in [-0.1, -0.05) is 0 Å². The average Bonchev–Trinajstić information content (AvgIpc) is 3.18. The van der Waals surface area contributed by atoms with Crippen molar-refractivity contribution < 1.29 is 14.3 Å². The zero-order chi connectivity index (χ0) is 17.8. The lowest BCUT2D eigenvalue weighted by Crippen LogP contribution is -2.50. The highest BCUT2D eigenvalue weighted by atomic mass is 16.5. The van der Waals surface area contributed by atoms with Crippen LogP contribution in [-0.4, -0.2) is 82.5 Å². The fourth-order valence-corrected chi connectivity index (χ4v) is 3.48. The molecule has 1 atom stereocenters. The number of carbonyl (C=O) groups excluding carboxylic acids is 1. The van der Waals surface area contributed by atoms with E-state index in [0.29, 0.717) is 25.5 Å². The molecule has 0 spiro atoms. The Labute approximate surface area is 151 Å². The minimum absolute atomic E-state index is 0.0460. The predicted octanol–water partition coefficient (Wildman–Crippen LogP) is 0.359. The molecule has 2 aromatic rings. The first-order valence-electron chi connectivity index (χ1n) is 9.18. The molecule has 0 bridgehead atoms. The number of hydrogen-bond donors (Lipinski definition) is 0. The largest absolute Gasteiger partial charge is 0.376 e. The lowest BCUT2D eigenvalue weighted by atomic mass is 10.1. The van der Waals surface area contributed by atoms with E-state index < -0.39 is 0 Å². The minimum Gasteiger partial charge on any atom is -0.376 e. The summed E-state index contributed by atoms with van der Waals surface area (Å²) in [6.45, 7) is 4.31. The quantitative estimate of drug-likeness (QED) is 0.761. The van der Waals surface area contributed by atoms with Gasteiger partial charge in [-0.25, -0.2) is 4.98 Å². The molecule has 9 nitrogen and oxygen atoms in total. The van der Waals surface area contributed by atoms with Crippen LogP contribution in [0.2, 0.25) is 0 Å². The first kappa shape index (κ1) is 17.2. The molecular formula is C17H24N6O3. The van der Waals surface area contributed by atoms with E-state index in [4.69, 9.17) is 9.47 Å². The van der Waals surface area contributed by atoms with E-state index in [1.165, 1.54) is 6.42 Å². The number of carbonyl (C=O) groups is 1. The second-order valence-corrected chi connectivity index (χ2v) is 6.68. The Balaban J connectivity index is 1.25. The van der Waals surface area contributed by atoms with Gasteiger partial charge in [-0.15, -0.1) is 10.2 Å². The van der Waals surface area contributed by atoms with Crippen LogP contribution in [0, 0.1) is 0 Å². The van der Waals surface area contributed by atoms with Crippen molar-refractivity contribution in [3.8, 4) is 0 Å². The Kier molecular flexibility index (Phi) is 5.26. The Morgan fingerprint density at radius 3 is 2.96 bits per heavy atom. The normalized spacial score (nSPS) is 21.3. The number of ether oxygens (including phenoxy) is 2. The first-order valence-corrected chi connectivity index (χ1v) is 9.18. The maximum atomic E-state index is 12.4. The summed E-state index contributed by atoms with van der Waals surface area (Å²) in [6.07, 6.45) is 6.87. The van der Waals surface area contributed by atoms with E-state index in [1.54, 1.807) is 12.5 Å². The van der Waals surface area contributed by atoms with Crippen LogP contribution in [0.4, 0.5) is 5.82 Å². The Morgan fingerprint density at radius 1 is 1.27 bits per heavy atom. The second kappa shape index (κ2) is 7.96. The van der Waals surface area contributed by atoms with Gasteiger partial charge in [0, 0.05) is 39.0 Å². The van der Waals surface area contributed by atoms with Crippen LogP contribution in [0.15, 0.2) is 18.6 Å². The van der Waals surface area contributed by atoms with Crippen molar-refractivity contribution in [2.75, 3.05) is 50.9 Å². The predicted molar refractivity (Wildman–Crippen MR) is 94.0 cm³/mol. The smallest absolute Gasteiger partial charge is 0.256 e. The summed E-state index contributed by atoms with van der Waals surface area (Å²) in [4.78, 5) is 20.6. The van der Waals surface area contributed by atoms with Gasteiger partial charge in [0.05, 0.1) is 12.7 Å². The number of piperazine rings is 1. The number of fused-ring (bicyclic) bond motifs is 1. The molecule has 1 amide bonds. The highest BCUT2D eigenvalue weighted by Crippen LogP contribution is 2.17. The summed E-state index contributed by atoms with van der Waals surface area (Å²) in [7, 11) is 0. The standard InChI is InChI=1S/C17H24N6O3/c24-16(12-25-11-14-3-1-2-10-26-14)22-8-6-21(7-9-22)15-4-5-18-17-20-19-13-23(15)17/h4-5,13-14H,1-3,6-12H2/t14-/m1/s1. The first-order chi connectivity index (χ1) is 12.8. The number of rotatable bonds is 5. The van der Waals surface area contributed by atoms with Gasteiger partial charge in [0.25, 0.3) is 5.78 Å². The number of hydrogen-bond acceptors (Lipinski definition) is 7. The zero-order valence-corrected chi connectivity index (χ0v) is 14.8. The van der Waals surface area contributed by atoms with E-state index in [2.05, 4.69) is 20.1 Å². The molecule has 4 rings (SSSR count). The fourth-order valence-electron chi connectivity index (χ4n) is 3.48. The molecule has 2 fully saturated rings.